The Balaban J connectivity index is 3.10. The molecule has 0 bridgehead atoms. The average molecular weight is 256 g/mol. The molecule has 1 aromatic rings. The molecule has 0 saturated carbocycles. The SMILES string of the molecule is Cc1cccc(C(CN)C(C)C)c1Br. The molecule has 0 aliphatic carbocycles. The fraction of sp³-hybridized carbons (Fsp3) is 0.500. The summed E-state index contributed by atoms with van der Waals surface area (Å²) in [5, 5.41) is 0. The van der Waals surface area contributed by atoms with E-state index in [1.54, 1.807) is 0 Å². The van der Waals surface area contributed by atoms with E-state index in [1.807, 2.05) is 0 Å². The topological polar surface area (TPSA) is 26.0 Å². The van der Waals surface area contributed by atoms with E-state index in [-0.39, 0.29) is 0 Å². The molecule has 1 nitrogen and oxygen atoms in total. The van der Waals surface area contributed by atoms with Gasteiger partial charge in [-0.25, -0.2) is 0 Å². The van der Waals surface area contributed by atoms with Crippen LogP contribution in [0.5, 0.6) is 0 Å². The Morgan fingerprint density at radius 3 is 2.50 bits per heavy atom. The van der Waals surface area contributed by atoms with Crippen molar-refractivity contribution in [2.24, 2.45) is 11.7 Å². The first kappa shape index (κ1) is 11.7. The van der Waals surface area contributed by atoms with E-state index in [0.717, 1.165) is 0 Å². The molecule has 1 unspecified atom stereocenters. The van der Waals surface area contributed by atoms with Crippen LogP contribution in [0.1, 0.15) is 30.9 Å². The zero-order chi connectivity index (χ0) is 10.7. The Hall–Kier alpha value is -0.340. The fourth-order valence-corrected chi connectivity index (χ4v) is 2.27. The third-order valence-electron chi connectivity index (χ3n) is 2.68. The van der Waals surface area contributed by atoms with E-state index in [9.17, 15) is 0 Å². The lowest BCUT2D eigenvalue weighted by Gasteiger charge is -2.21. The Labute approximate surface area is 94.8 Å². The van der Waals surface area contributed by atoms with Crippen LogP contribution < -0.4 is 5.73 Å². The van der Waals surface area contributed by atoms with E-state index >= 15 is 0 Å². The largest absolute Gasteiger partial charge is 0.330 e. The van der Waals surface area contributed by atoms with Gasteiger partial charge in [-0.05, 0) is 36.4 Å². The van der Waals surface area contributed by atoms with Crippen LogP contribution in [0.15, 0.2) is 22.7 Å². The van der Waals surface area contributed by atoms with Crippen LogP contribution in [-0.4, -0.2) is 6.54 Å². The molecule has 0 saturated heterocycles. The molecule has 1 aromatic carbocycles. The lowest BCUT2D eigenvalue weighted by molar-refractivity contribution is 0.504. The molecule has 2 heteroatoms. The van der Waals surface area contributed by atoms with Gasteiger partial charge in [0.2, 0.25) is 0 Å². The summed E-state index contributed by atoms with van der Waals surface area (Å²) in [7, 11) is 0. The molecule has 78 valence electrons. The zero-order valence-corrected chi connectivity index (χ0v) is 10.6. The van der Waals surface area contributed by atoms with Gasteiger partial charge in [0.05, 0.1) is 0 Å². The maximum atomic E-state index is 5.80. The van der Waals surface area contributed by atoms with Crippen molar-refractivity contribution in [2.75, 3.05) is 6.54 Å². The predicted octanol–water partition coefficient (Wildman–Crippen LogP) is 3.46. The highest BCUT2D eigenvalue weighted by molar-refractivity contribution is 9.10. The van der Waals surface area contributed by atoms with Crippen molar-refractivity contribution in [1.82, 2.24) is 0 Å². The second kappa shape index (κ2) is 4.94. The molecule has 0 aromatic heterocycles. The first-order valence-corrected chi connectivity index (χ1v) is 5.82. The standard InChI is InChI=1S/C12H18BrN/c1-8(2)11(7-14)10-6-4-5-9(3)12(10)13/h4-6,8,11H,7,14H2,1-3H3. The smallest absolute Gasteiger partial charge is 0.0239 e. The third kappa shape index (κ3) is 2.37. The van der Waals surface area contributed by atoms with Crippen LogP contribution >= 0.6 is 15.9 Å². The lowest BCUT2D eigenvalue weighted by atomic mass is 9.88. The van der Waals surface area contributed by atoms with E-state index in [4.69, 9.17) is 5.73 Å². The van der Waals surface area contributed by atoms with Gasteiger partial charge in [-0.15, -0.1) is 0 Å². The van der Waals surface area contributed by atoms with Crippen molar-refractivity contribution in [1.29, 1.82) is 0 Å². The molecular formula is C12H18BrN. The van der Waals surface area contributed by atoms with Crippen LogP contribution in [-0.2, 0) is 0 Å². The zero-order valence-electron chi connectivity index (χ0n) is 9.05. The third-order valence-corrected chi connectivity index (χ3v) is 3.76. The van der Waals surface area contributed by atoms with Gasteiger partial charge in [-0.3, -0.25) is 0 Å². The number of rotatable bonds is 3. The molecule has 0 heterocycles. The quantitative estimate of drug-likeness (QED) is 0.880. The first-order valence-electron chi connectivity index (χ1n) is 5.03. The molecule has 0 fully saturated rings. The van der Waals surface area contributed by atoms with Crippen LogP contribution in [0.2, 0.25) is 0 Å². The van der Waals surface area contributed by atoms with Crippen molar-refractivity contribution in [2.45, 2.75) is 26.7 Å². The molecule has 1 rings (SSSR count). The van der Waals surface area contributed by atoms with Gasteiger partial charge in [0.1, 0.15) is 0 Å². The molecule has 1 atom stereocenters. The molecular weight excluding hydrogens is 238 g/mol. The van der Waals surface area contributed by atoms with E-state index in [2.05, 4.69) is 54.9 Å². The van der Waals surface area contributed by atoms with Crippen molar-refractivity contribution in [3.63, 3.8) is 0 Å². The van der Waals surface area contributed by atoms with Crippen LogP contribution in [0.4, 0.5) is 0 Å². The Bertz CT molecular complexity index is 307. The van der Waals surface area contributed by atoms with E-state index < -0.39 is 0 Å². The normalized spacial score (nSPS) is 13.3. The summed E-state index contributed by atoms with van der Waals surface area (Å²) in [6.07, 6.45) is 0. The lowest BCUT2D eigenvalue weighted by Crippen LogP contribution is -2.18. The minimum Gasteiger partial charge on any atom is -0.330 e. The monoisotopic (exact) mass is 255 g/mol. The molecule has 0 radical (unpaired) electrons. The summed E-state index contributed by atoms with van der Waals surface area (Å²) in [6, 6.07) is 6.37. The van der Waals surface area contributed by atoms with Crippen molar-refractivity contribution >= 4 is 15.9 Å². The van der Waals surface area contributed by atoms with Crippen LogP contribution in [0.25, 0.3) is 0 Å². The highest BCUT2D eigenvalue weighted by Crippen LogP contribution is 2.31. The minimum atomic E-state index is 0.448. The van der Waals surface area contributed by atoms with Gasteiger partial charge in [0, 0.05) is 4.47 Å². The van der Waals surface area contributed by atoms with Crippen LogP contribution in [0.3, 0.4) is 0 Å². The Morgan fingerprint density at radius 2 is 2.00 bits per heavy atom. The average Bonchev–Trinajstić information content (AvgIpc) is 2.13. The summed E-state index contributed by atoms with van der Waals surface area (Å²) in [6.45, 7) is 7.25. The number of halogens is 1. The van der Waals surface area contributed by atoms with E-state index in [1.165, 1.54) is 15.6 Å². The maximum Gasteiger partial charge on any atom is 0.0239 e. The van der Waals surface area contributed by atoms with Gasteiger partial charge in [0.25, 0.3) is 0 Å². The number of hydrogen-bond acceptors (Lipinski definition) is 1. The number of benzene rings is 1. The minimum absolute atomic E-state index is 0.448. The van der Waals surface area contributed by atoms with Crippen molar-refractivity contribution in [3.05, 3.63) is 33.8 Å². The fourth-order valence-electron chi connectivity index (χ4n) is 1.71. The second-order valence-electron chi connectivity index (χ2n) is 4.06. The maximum absolute atomic E-state index is 5.80. The van der Waals surface area contributed by atoms with Crippen molar-refractivity contribution < 1.29 is 0 Å². The molecule has 2 N–H and O–H groups in total. The Morgan fingerprint density at radius 1 is 1.36 bits per heavy atom. The second-order valence-corrected chi connectivity index (χ2v) is 4.86. The Kier molecular flexibility index (Phi) is 4.14. The van der Waals surface area contributed by atoms with Gasteiger partial charge in [0.15, 0.2) is 0 Å². The molecule has 0 spiro atoms. The highest BCUT2D eigenvalue weighted by Gasteiger charge is 2.16. The summed E-state index contributed by atoms with van der Waals surface area (Å²) in [5.74, 6) is 1.03. The molecule has 0 aliphatic rings. The highest BCUT2D eigenvalue weighted by atomic mass is 79.9. The first-order chi connectivity index (χ1) is 6.57. The van der Waals surface area contributed by atoms with Crippen molar-refractivity contribution in [3.8, 4) is 0 Å². The van der Waals surface area contributed by atoms with Gasteiger partial charge >= 0.3 is 0 Å². The van der Waals surface area contributed by atoms with Gasteiger partial charge in [-0.1, -0.05) is 48.0 Å². The number of nitrogens with two attached hydrogens (primary N) is 1. The summed E-state index contributed by atoms with van der Waals surface area (Å²) in [4.78, 5) is 0. The van der Waals surface area contributed by atoms with Gasteiger partial charge < -0.3 is 5.73 Å². The molecule has 0 aliphatic heterocycles. The molecule has 14 heavy (non-hydrogen) atoms. The predicted molar refractivity (Wildman–Crippen MR) is 65.5 cm³/mol. The van der Waals surface area contributed by atoms with Gasteiger partial charge in [-0.2, -0.15) is 0 Å². The summed E-state index contributed by atoms with van der Waals surface area (Å²) in [5.41, 5.74) is 8.42. The number of aryl methyl sites for hydroxylation is 1. The molecule has 0 amide bonds. The summed E-state index contributed by atoms with van der Waals surface area (Å²) >= 11 is 3.63. The van der Waals surface area contributed by atoms with Crippen LogP contribution in [0, 0.1) is 12.8 Å². The number of hydrogen-bond donors (Lipinski definition) is 1. The summed E-state index contributed by atoms with van der Waals surface area (Å²) < 4.78 is 1.21. The van der Waals surface area contributed by atoms with E-state index in [0.29, 0.717) is 18.4 Å².